The first-order chi connectivity index (χ1) is 8.60. The highest BCUT2D eigenvalue weighted by Gasteiger charge is 2.23. The standard InChI is InChI=1S/C9H11N3O5S/c13-3-6-4-17-9-7(8(14)11-6)1-5(2-10-9)12-18(15)16/h1-2,6,12-13H,3-4H2,(H,11,14)(H,15,16)/t6-/m0/s1. The molecular weight excluding hydrogens is 262 g/mol. The van der Waals surface area contributed by atoms with E-state index in [1.54, 1.807) is 0 Å². The second kappa shape index (κ2) is 5.29. The summed E-state index contributed by atoms with van der Waals surface area (Å²) in [5.74, 6) is -0.334. The fourth-order valence-corrected chi connectivity index (χ4v) is 1.78. The van der Waals surface area contributed by atoms with Crippen LogP contribution in [0.4, 0.5) is 5.69 Å². The Bertz CT molecular complexity index is 495. The number of anilines is 1. The molecule has 98 valence electrons. The Labute approximate surface area is 105 Å². The number of fused-ring (bicyclic) bond motifs is 1. The number of hydrogen-bond donors (Lipinski definition) is 4. The first-order valence-corrected chi connectivity index (χ1v) is 6.13. The molecule has 0 saturated heterocycles. The van der Waals surface area contributed by atoms with Crippen molar-refractivity contribution in [2.24, 2.45) is 0 Å². The van der Waals surface area contributed by atoms with E-state index in [1.807, 2.05) is 0 Å². The topological polar surface area (TPSA) is 121 Å². The third kappa shape index (κ3) is 2.75. The molecule has 0 spiro atoms. The number of pyridine rings is 1. The number of aliphatic hydroxyl groups excluding tert-OH is 1. The quantitative estimate of drug-likeness (QED) is 0.530. The number of amides is 1. The molecule has 0 aliphatic carbocycles. The van der Waals surface area contributed by atoms with Crippen LogP contribution in [0, 0.1) is 0 Å². The largest absolute Gasteiger partial charge is 0.475 e. The fourth-order valence-electron chi connectivity index (χ4n) is 1.47. The summed E-state index contributed by atoms with van der Waals surface area (Å²) < 4.78 is 26.7. The van der Waals surface area contributed by atoms with Crippen molar-refractivity contribution in [1.29, 1.82) is 0 Å². The molecule has 2 atom stereocenters. The molecule has 0 bridgehead atoms. The molecule has 9 heteroatoms. The van der Waals surface area contributed by atoms with Crippen molar-refractivity contribution in [3.05, 3.63) is 17.8 Å². The van der Waals surface area contributed by atoms with Gasteiger partial charge in [0.2, 0.25) is 5.88 Å². The lowest BCUT2D eigenvalue weighted by molar-refractivity contribution is 0.0914. The van der Waals surface area contributed by atoms with Crippen molar-refractivity contribution < 1.29 is 23.4 Å². The molecule has 18 heavy (non-hydrogen) atoms. The van der Waals surface area contributed by atoms with Gasteiger partial charge >= 0.3 is 0 Å². The van der Waals surface area contributed by atoms with Crippen LogP contribution in [-0.2, 0) is 11.3 Å². The van der Waals surface area contributed by atoms with Crippen LogP contribution in [-0.4, -0.2) is 44.0 Å². The zero-order valence-corrected chi connectivity index (χ0v) is 9.94. The van der Waals surface area contributed by atoms with E-state index in [9.17, 15) is 9.00 Å². The number of nitrogens with zero attached hydrogens (tertiary/aromatic N) is 1. The third-order valence-electron chi connectivity index (χ3n) is 2.28. The molecule has 1 aromatic heterocycles. The van der Waals surface area contributed by atoms with E-state index >= 15 is 0 Å². The van der Waals surface area contributed by atoms with Gasteiger partial charge < -0.3 is 15.2 Å². The van der Waals surface area contributed by atoms with E-state index in [0.29, 0.717) is 0 Å². The number of rotatable bonds is 3. The number of carbonyl (C=O) groups excluding carboxylic acids is 1. The van der Waals surface area contributed by atoms with Crippen LogP contribution in [0.25, 0.3) is 0 Å². The smallest absolute Gasteiger partial charge is 0.259 e. The molecule has 1 aliphatic rings. The van der Waals surface area contributed by atoms with Crippen LogP contribution in [0.1, 0.15) is 10.4 Å². The molecule has 2 heterocycles. The van der Waals surface area contributed by atoms with Crippen molar-refractivity contribution in [3.8, 4) is 5.88 Å². The molecule has 0 fully saturated rings. The maximum absolute atomic E-state index is 11.8. The molecule has 0 saturated carbocycles. The SMILES string of the molecule is O=C1N[C@@H](CO)COc2ncc(NS(=O)O)cc21. The minimum Gasteiger partial charge on any atom is -0.475 e. The lowest BCUT2D eigenvalue weighted by Gasteiger charge is -2.10. The van der Waals surface area contributed by atoms with Gasteiger partial charge in [-0.1, -0.05) is 0 Å². The molecule has 1 unspecified atom stereocenters. The maximum Gasteiger partial charge on any atom is 0.259 e. The fraction of sp³-hybridized carbons (Fsp3) is 0.333. The summed E-state index contributed by atoms with van der Waals surface area (Å²) in [6.07, 6.45) is 1.28. The van der Waals surface area contributed by atoms with E-state index in [0.717, 1.165) is 0 Å². The Morgan fingerprint density at radius 1 is 1.67 bits per heavy atom. The van der Waals surface area contributed by atoms with E-state index in [4.69, 9.17) is 14.4 Å². The summed E-state index contributed by atoms with van der Waals surface area (Å²) in [6.45, 7) is -0.133. The van der Waals surface area contributed by atoms with Crippen LogP contribution >= 0.6 is 0 Å². The highest BCUT2D eigenvalue weighted by Crippen LogP contribution is 2.21. The summed E-state index contributed by atoms with van der Waals surface area (Å²) >= 11 is -2.24. The van der Waals surface area contributed by atoms with E-state index in [-0.39, 0.29) is 30.3 Å². The summed E-state index contributed by atoms with van der Waals surface area (Å²) in [6, 6.07) is 0.848. The second-order valence-corrected chi connectivity index (χ2v) is 4.29. The molecule has 1 aromatic rings. The molecule has 1 amide bonds. The van der Waals surface area contributed by atoms with Gasteiger partial charge in [-0.2, -0.15) is 0 Å². The molecule has 0 radical (unpaired) electrons. The van der Waals surface area contributed by atoms with Crippen LogP contribution in [0.2, 0.25) is 0 Å². The normalized spacial score (nSPS) is 20.1. The zero-order valence-electron chi connectivity index (χ0n) is 9.12. The summed E-state index contributed by atoms with van der Waals surface area (Å²) in [4.78, 5) is 15.7. The van der Waals surface area contributed by atoms with Gasteiger partial charge in [0.05, 0.1) is 24.5 Å². The number of nitrogens with one attached hydrogen (secondary N) is 2. The van der Waals surface area contributed by atoms with Gasteiger partial charge in [-0.15, -0.1) is 0 Å². The Hall–Kier alpha value is -1.71. The first-order valence-electron chi connectivity index (χ1n) is 5.02. The van der Waals surface area contributed by atoms with E-state index < -0.39 is 23.2 Å². The van der Waals surface area contributed by atoms with Gasteiger partial charge in [0.25, 0.3) is 17.2 Å². The Morgan fingerprint density at radius 3 is 3.11 bits per heavy atom. The number of hydrogen-bond acceptors (Lipinski definition) is 5. The average Bonchev–Trinajstić information content (AvgIpc) is 2.48. The van der Waals surface area contributed by atoms with Gasteiger partial charge in [0.15, 0.2) is 0 Å². The Morgan fingerprint density at radius 2 is 2.44 bits per heavy atom. The van der Waals surface area contributed by atoms with Gasteiger partial charge in [-0.05, 0) is 6.07 Å². The zero-order chi connectivity index (χ0) is 13.1. The second-order valence-electron chi connectivity index (χ2n) is 3.59. The van der Waals surface area contributed by atoms with E-state index in [2.05, 4.69) is 15.0 Å². The molecule has 0 aromatic carbocycles. The van der Waals surface area contributed by atoms with Crippen LogP contribution < -0.4 is 14.8 Å². The summed E-state index contributed by atoms with van der Waals surface area (Å²) in [5, 5.41) is 11.5. The van der Waals surface area contributed by atoms with Crippen molar-refractivity contribution in [3.63, 3.8) is 0 Å². The molecule has 2 rings (SSSR count). The van der Waals surface area contributed by atoms with Crippen LogP contribution in [0.3, 0.4) is 0 Å². The first kappa shape index (κ1) is 12.7. The number of aromatic nitrogens is 1. The lowest BCUT2D eigenvalue weighted by Crippen LogP contribution is -2.39. The van der Waals surface area contributed by atoms with Crippen LogP contribution in [0.5, 0.6) is 5.88 Å². The van der Waals surface area contributed by atoms with E-state index in [1.165, 1.54) is 12.3 Å². The predicted molar refractivity (Wildman–Crippen MR) is 62.5 cm³/mol. The number of ether oxygens (including phenoxy) is 1. The van der Waals surface area contributed by atoms with Crippen molar-refractivity contribution >= 4 is 22.9 Å². The minimum atomic E-state index is -2.24. The highest BCUT2D eigenvalue weighted by molar-refractivity contribution is 7.80. The summed E-state index contributed by atoms with van der Waals surface area (Å²) in [7, 11) is 0. The van der Waals surface area contributed by atoms with Crippen LogP contribution in [0.15, 0.2) is 12.3 Å². The van der Waals surface area contributed by atoms with Gasteiger partial charge in [0.1, 0.15) is 12.2 Å². The van der Waals surface area contributed by atoms with Gasteiger partial charge in [-0.3, -0.25) is 14.1 Å². The molecule has 4 N–H and O–H groups in total. The number of aliphatic hydroxyl groups is 1. The highest BCUT2D eigenvalue weighted by atomic mass is 32.2. The molecule has 1 aliphatic heterocycles. The monoisotopic (exact) mass is 273 g/mol. The van der Waals surface area contributed by atoms with Crippen molar-refractivity contribution in [2.45, 2.75) is 6.04 Å². The molecule has 8 nitrogen and oxygen atoms in total. The maximum atomic E-state index is 11.8. The third-order valence-corrected chi connectivity index (χ3v) is 2.69. The van der Waals surface area contributed by atoms with Gasteiger partial charge in [0, 0.05) is 0 Å². The predicted octanol–water partition coefficient (Wildman–Crippen LogP) is -0.887. The lowest BCUT2D eigenvalue weighted by atomic mass is 10.2. The summed E-state index contributed by atoms with van der Waals surface area (Å²) in [5.41, 5.74) is 0.359. The van der Waals surface area contributed by atoms with Gasteiger partial charge in [-0.25, -0.2) is 9.19 Å². The minimum absolute atomic E-state index is 0.112. The Balaban J connectivity index is 2.29. The van der Waals surface area contributed by atoms with Crippen molar-refractivity contribution in [1.82, 2.24) is 10.3 Å². The van der Waals surface area contributed by atoms with Crippen molar-refractivity contribution in [2.75, 3.05) is 17.9 Å². The average molecular weight is 273 g/mol. The number of carbonyl (C=O) groups is 1. The Kier molecular flexibility index (Phi) is 3.75. The molecular formula is C9H11N3O5S.